The Balaban J connectivity index is 1.44. The topological polar surface area (TPSA) is 86.8 Å². The normalized spacial score (nSPS) is 15.7. The quantitative estimate of drug-likeness (QED) is 0.573. The monoisotopic (exact) mass is 422 g/mol. The molecule has 1 atom stereocenters. The van der Waals surface area contributed by atoms with E-state index in [-0.39, 0.29) is 30.5 Å². The zero-order valence-corrected chi connectivity index (χ0v) is 17.1. The number of H-pyrrole nitrogens is 1. The van der Waals surface area contributed by atoms with Crippen molar-refractivity contribution >= 4 is 34.2 Å². The number of nitrogens with one attached hydrogen (secondary N) is 2. The van der Waals surface area contributed by atoms with Gasteiger partial charge in [-0.1, -0.05) is 18.2 Å². The van der Waals surface area contributed by atoms with Crippen molar-refractivity contribution in [1.29, 1.82) is 0 Å². The van der Waals surface area contributed by atoms with E-state index in [0.717, 1.165) is 22.2 Å². The summed E-state index contributed by atoms with van der Waals surface area (Å²) in [5, 5.41) is 9.79. The Morgan fingerprint density at radius 1 is 1.26 bits per heavy atom. The zero-order chi connectivity index (χ0) is 21.8. The van der Waals surface area contributed by atoms with Crippen molar-refractivity contribution in [1.82, 2.24) is 10.3 Å². The third kappa shape index (κ3) is 4.42. The minimum Gasteiger partial charge on any atom is -0.461 e. The van der Waals surface area contributed by atoms with Crippen LogP contribution in [0.15, 0.2) is 59.8 Å². The fourth-order valence-electron chi connectivity index (χ4n) is 3.67. The summed E-state index contributed by atoms with van der Waals surface area (Å²) in [6.45, 7) is 2.37. The van der Waals surface area contributed by atoms with Crippen LogP contribution in [0.25, 0.3) is 10.9 Å². The molecular weight excluding hydrogens is 399 g/mol. The SMILES string of the molecule is CCOC(=O)C1=NN(c2ccccc2)C(C(=O)NCCc2c[nH]c3cc(F)ccc23)C1. The van der Waals surface area contributed by atoms with Crippen LogP contribution in [0.1, 0.15) is 18.9 Å². The number of aromatic amines is 1. The smallest absolute Gasteiger partial charge is 0.354 e. The van der Waals surface area contributed by atoms with Crippen LogP contribution in [-0.2, 0) is 20.7 Å². The molecule has 0 spiro atoms. The maximum atomic E-state index is 13.4. The highest BCUT2D eigenvalue weighted by molar-refractivity contribution is 6.38. The number of hydrogen-bond acceptors (Lipinski definition) is 5. The highest BCUT2D eigenvalue weighted by Crippen LogP contribution is 2.25. The van der Waals surface area contributed by atoms with Gasteiger partial charge in [-0.3, -0.25) is 9.80 Å². The van der Waals surface area contributed by atoms with Gasteiger partial charge in [-0.25, -0.2) is 9.18 Å². The van der Waals surface area contributed by atoms with Gasteiger partial charge in [0, 0.05) is 30.1 Å². The first-order valence-corrected chi connectivity index (χ1v) is 10.2. The standard InChI is InChI=1S/C23H23FN4O3/c1-2-31-23(30)20-13-21(28(27-20)17-6-4-3-5-7-17)22(29)25-11-10-15-14-26-19-12-16(24)8-9-18(15)19/h3-9,12,14,21,26H,2,10-11,13H2,1H3,(H,25,29). The second-order valence-corrected chi connectivity index (χ2v) is 7.21. The third-order valence-electron chi connectivity index (χ3n) is 5.17. The van der Waals surface area contributed by atoms with E-state index in [2.05, 4.69) is 15.4 Å². The number of benzene rings is 2. The van der Waals surface area contributed by atoms with E-state index in [1.54, 1.807) is 18.0 Å². The first-order valence-electron chi connectivity index (χ1n) is 10.2. The summed E-state index contributed by atoms with van der Waals surface area (Å²) in [6.07, 6.45) is 2.58. The number of carbonyl (C=O) groups excluding carboxylic acids is 2. The Morgan fingerprint density at radius 2 is 2.06 bits per heavy atom. The molecule has 1 aliphatic rings. The highest BCUT2D eigenvalue weighted by atomic mass is 19.1. The van der Waals surface area contributed by atoms with Crippen LogP contribution in [0.5, 0.6) is 0 Å². The molecular formula is C23H23FN4O3. The van der Waals surface area contributed by atoms with Crippen LogP contribution in [-0.4, -0.2) is 41.8 Å². The molecule has 0 fully saturated rings. The first kappa shape index (κ1) is 20.6. The molecule has 1 amide bonds. The van der Waals surface area contributed by atoms with E-state index >= 15 is 0 Å². The molecule has 8 heteroatoms. The molecule has 4 rings (SSSR count). The van der Waals surface area contributed by atoms with Crippen LogP contribution in [0.4, 0.5) is 10.1 Å². The first-order chi connectivity index (χ1) is 15.1. The molecule has 2 N–H and O–H groups in total. The number of hydrogen-bond donors (Lipinski definition) is 2. The van der Waals surface area contributed by atoms with Crippen molar-refractivity contribution in [2.75, 3.05) is 18.2 Å². The minimum absolute atomic E-state index is 0.173. The molecule has 0 bridgehead atoms. The van der Waals surface area contributed by atoms with Crippen molar-refractivity contribution in [2.45, 2.75) is 25.8 Å². The van der Waals surface area contributed by atoms with Crippen LogP contribution >= 0.6 is 0 Å². The largest absolute Gasteiger partial charge is 0.461 e. The molecule has 2 heterocycles. The Bertz CT molecular complexity index is 1130. The number of nitrogens with zero attached hydrogens (tertiary/aromatic N) is 2. The minimum atomic E-state index is -0.640. The number of para-hydroxylation sites is 1. The molecule has 160 valence electrons. The number of halogens is 1. The number of hydrazone groups is 1. The van der Waals surface area contributed by atoms with Gasteiger partial charge >= 0.3 is 5.97 Å². The summed E-state index contributed by atoms with van der Waals surface area (Å²) in [5.74, 6) is -1.03. The zero-order valence-electron chi connectivity index (χ0n) is 17.1. The summed E-state index contributed by atoms with van der Waals surface area (Å²) < 4.78 is 18.4. The summed E-state index contributed by atoms with van der Waals surface area (Å²) >= 11 is 0. The number of amides is 1. The van der Waals surface area contributed by atoms with Gasteiger partial charge in [0.15, 0.2) is 0 Å². The molecule has 0 radical (unpaired) electrons. The van der Waals surface area contributed by atoms with Gasteiger partial charge in [0.2, 0.25) is 5.91 Å². The van der Waals surface area contributed by atoms with E-state index in [1.807, 2.05) is 36.5 Å². The number of carbonyl (C=O) groups is 2. The lowest BCUT2D eigenvalue weighted by Crippen LogP contribution is -2.43. The number of esters is 1. The summed E-state index contributed by atoms with van der Waals surface area (Å²) in [6, 6.07) is 13.2. The fourth-order valence-corrected chi connectivity index (χ4v) is 3.67. The number of aromatic nitrogens is 1. The summed E-state index contributed by atoms with van der Waals surface area (Å²) in [5.41, 5.74) is 2.66. The molecule has 31 heavy (non-hydrogen) atoms. The Hall–Kier alpha value is -3.68. The van der Waals surface area contributed by atoms with E-state index in [9.17, 15) is 14.0 Å². The Morgan fingerprint density at radius 3 is 2.84 bits per heavy atom. The van der Waals surface area contributed by atoms with Crippen molar-refractivity contribution in [3.05, 3.63) is 66.1 Å². The van der Waals surface area contributed by atoms with Crippen molar-refractivity contribution < 1.29 is 18.7 Å². The number of anilines is 1. The molecule has 1 unspecified atom stereocenters. The van der Waals surface area contributed by atoms with Gasteiger partial charge in [0.25, 0.3) is 0 Å². The van der Waals surface area contributed by atoms with E-state index in [0.29, 0.717) is 13.0 Å². The van der Waals surface area contributed by atoms with E-state index in [1.165, 1.54) is 12.1 Å². The number of rotatable bonds is 7. The van der Waals surface area contributed by atoms with Gasteiger partial charge in [-0.05, 0) is 49.2 Å². The van der Waals surface area contributed by atoms with Crippen LogP contribution in [0.3, 0.4) is 0 Å². The molecule has 1 aromatic heterocycles. The lowest BCUT2D eigenvalue weighted by atomic mass is 10.1. The van der Waals surface area contributed by atoms with Gasteiger partial charge < -0.3 is 15.0 Å². The molecule has 2 aromatic carbocycles. The molecule has 7 nitrogen and oxygen atoms in total. The molecule has 0 saturated heterocycles. The van der Waals surface area contributed by atoms with Crippen molar-refractivity contribution in [2.24, 2.45) is 5.10 Å². The van der Waals surface area contributed by atoms with Gasteiger partial charge in [-0.2, -0.15) is 5.10 Å². The summed E-state index contributed by atoms with van der Waals surface area (Å²) in [4.78, 5) is 28.2. The lowest BCUT2D eigenvalue weighted by Gasteiger charge is -2.22. The molecule has 3 aromatic rings. The maximum Gasteiger partial charge on any atom is 0.354 e. The van der Waals surface area contributed by atoms with Crippen molar-refractivity contribution in [3.8, 4) is 0 Å². The molecule has 0 saturated carbocycles. The highest BCUT2D eigenvalue weighted by Gasteiger charge is 2.36. The van der Waals surface area contributed by atoms with Crippen LogP contribution in [0, 0.1) is 5.82 Å². The van der Waals surface area contributed by atoms with E-state index in [4.69, 9.17) is 4.74 Å². The van der Waals surface area contributed by atoms with Crippen LogP contribution < -0.4 is 10.3 Å². The number of fused-ring (bicyclic) bond motifs is 1. The van der Waals surface area contributed by atoms with Gasteiger partial charge in [-0.15, -0.1) is 0 Å². The third-order valence-corrected chi connectivity index (χ3v) is 5.17. The Labute approximate surface area is 178 Å². The maximum absolute atomic E-state index is 13.4. The second kappa shape index (κ2) is 8.99. The average molecular weight is 422 g/mol. The molecule has 0 aliphatic carbocycles. The second-order valence-electron chi connectivity index (χ2n) is 7.21. The summed E-state index contributed by atoms with van der Waals surface area (Å²) in [7, 11) is 0. The fraction of sp³-hybridized carbons (Fsp3) is 0.261. The predicted octanol–water partition coefficient (Wildman–Crippen LogP) is 3.16. The Kier molecular flexibility index (Phi) is 5.97. The lowest BCUT2D eigenvalue weighted by molar-refractivity contribution is -0.135. The van der Waals surface area contributed by atoms with Crippen LogP contribution in [0.2, 0.25) is 0 Å². The average Bonchev–Trinajstić information content (AvgIpc) is 3.39. The van der Waals surface area contributed by atoms with Gasteiger partial charge in [0.1, 0.15) is 17.6 Å². The molecule has 1 aliphatic heterocycles. The predicted molar refractivity (Wildman–Crippen MR) is 116 cm³/mol. The number of ether oxygens (including phenoxy) is 1. The van der Waals surface area contributed by atoms with Gasteiger partial charge in [0.05, 0.1) is 12.3 Å². The van der Waals surface area contributed by atoms with Crippen molar-refractivity contribution in [3.63, 3.8) is 0 Å². The van der Waals surface area contributed by atoms with E-state index < -0.39 is 12.0 Å².